The van der Waals surface area contributed by atoms with E-state index in [9.17, 15) is 9.90 Å². The number of nitrogens with zero attached hydrogens (tertiary/aromatic N) is 3. The molecule has 0 aliphatic heterocycles. The minimum absolute atomic E-state index is 0.00748. The van der Waals surface area contributed by atoms with Gasteiger partial charge in [-0.05, 0) is 24.8 Å². The number of hydrogen-bond donors (Lipinski definition) is 2. The van der Waals surface area contributed by atoms with Gasteiger partial charge in [0.2, 0.25) is 0 Å². The maximum atomic E-state index is 12.7. The molecule has 24 heavy (non-hydrogen) atoms. The molecular weight excluding hydrogens is 304 g/mol. The average molecular weight is 328 g/mol. The molecule has 1 aliphatic rings. The normalized spacial score (nSPS) is 16.5. The Hall–Kier alpha value is -2.34. The molecule has 0 unspecified atom stereocenters. The number of rotatable bonds is 5. The summed E-state index contributed by atoms with van der Waals surface area (Å²) in [6.07, 6.45) is 4.81. The van der Waals surface area contributed by atoms with Crippen molar-refractivity contribution in [3.05, 3.63) is 53.3 Å². The first-order valence-corrected chi connectivity index (χ1v) is 8.40. The second-order valence-electron chi connectivity index (χ2n) is 6.20. The first-order chi connectivity index (χ1) is 11.7. The fourth-order valence-electron chi connectivity index (χ4n) is 3.27. The number of aliphatic hydroxyl groups is 1. The van der Waals surface area contributed by atoms with E-state index in [2.05, 4.69) is 10.4 Å². The van der Waals surface area contributed by atoms with Crippen LogP contribution in [0.25, 0.3) is 0 Å². The molecule has 3 rings (SSSR count). The summed E-state index contributed by atoms with van der Waals surface area (Å²) in [7, 11) is 1.94. The van der Waals surface area contributed by atoms with Crippen LogP contribution < -0.4 is 5.32 Å². The van der Waals surface area contributed by atoms with Gasteiger partial charge in [0.05, 0.1) is 18.8 Å². The maximum Gasteiger partial charge on any atom is 0.318 e. The molecule has 128 valence electrons. The summed E-state index contributed by atoms with van der Waals surface area (Å²) in [5, 5.41) is 16.7. The van der Waals surface area contributed by atoms with Crippen LogP contribution in [-0.2, 0) is 20.0 Å². The maximum absolute atomic E-state index is 12.7. The molecule has 1 aromatic carbocycles. The lowest BCUT2D eigenvalue weighted by Gasteiger charge is -2.28. The van der Waals surface area contributed by atoms with Crippen LogP contribution in [0.15, 0.2) is 36.5 Å². The van der Waals surface area contributed by atoms with Crippen LogP contribution in [0.3, 0.4) is 0 Å². The van der Waals surface area contributed by atoms with Crippen molar-refractivity contribution in [2.45, 2.75) is 31.8 Å². The van der Waals surface area contributed by atoms with Crippen molar-refractivity contribution in [1.29, 1.82) is 0 Å². The zero-order chi connectivity index (χ0) is 16.9. The molecule has 2 aromatic rings. The van der Waals surface area contributed by atoms with Gasteiger partial charge in [-0.25, -0.2) is 4.79 Å². The minimum atomic E-state index is -0.144. The molecule has 1 aromatic heterocycles. The minimum Gasteiger partial charge on any atom is -0.395 e. The Kier molecular flexibility index (Phi) is 5.15. The van der Waals surface area contributed by atoms with Crippen LogP contribution in [0.2, 0.25) is 0 Å². The molecule has 1 heterocycles. The van der Waals surface area contributed by atoms with E-state index in [-0.39, 0.29) is 18.7 Å². The van der Waals surface area contributed by atoms with Gasteiger partial charge in [0, 0.05) is 31.4 Å². The number of aryl methyl sites for hydroxylation is 1. The fourth-order valence-corrected chi connectivity index (χ4v) is 3.27. The Morgan fingerprint density at radius 1 is 1.42 bits per heavy atom. The highest BCUT2D eigenvalue weighted by molar-refractivity contribution is 5.74. The van der Waals surface area contributed by atoms with E-state index in [4.69, 9.17) is 0 Å². The molecule has 6 nitrogen and oxygen atoms in total. The molecule has 1 atom stereocenters. The summed E-state index contributed by atoms with van der Waals surface area (Å²) in [5.74, 6) is 0. The van der Waals surface area contributed by atoms with Crippen LogP contribution >= 0.6 is 0 Å². The van der Waals surface area contributed by atoms with Crippen molar-refractivity contribution in [2.24, 2.45) is 7.05 Å². The average Bonchev–Trinajstić information content (AvgIpc) is 2.98. The zero-order valence-electron chi connectivity index (χ0n) is 14.0. The second kappa shape index (κ2) is 7.49. The van der Waals surface area contributed by atoms with Crippen molar-refractivity contribution in [2.75, 3.05) is 13.2 Å². The molecule has 0 saturated heterocycles. The smallest absolute Gasteiger partial charge is 0.318 e. The van der Waals surface area contributed by atoms with Crippen molar-refractivity contribution < 1.29 is 9.90 Å². The summed E-state index contributed by atoms with van der Waals surface area (Å²) in [6, 6.07) is 9.67. The number of carbonyl (C=O) groups excluding carboxylic acids is 1. The van der Waals surface area contributed by atoms with Crippen LogP contribution in [0.5, 0.6) is 0 Å². The van der Waals surface area contributed by atoms with Gasteiger partial charge in [-0.2, -0.15) is 5.10 Å². The summed E-state index contributed by atoms with van der Waals surface area (Å²) >= 11 is 0. The fraction of sp³-hybridized carbons (Fsp3) is 0.444. The van der Waals surface area contributed by atoms with Crippen LogP contribution in [0.1, 0.15) is 35.7 Å². The largest absolute Gasteiger partial charge is 0.395 e. The van der Waals surface area contributed by atoms with Gasteiger partial charge < -0.3 is 15.3 Å². The topological polar surface area (TPSA) is 70.4 Å². The SMILES string of the molecule is Cn1ncc2c1CCC[C@@H]2NC(=O)N(CCO)Cc1ccccc1. The third-order valence-corrected chi connectivity index (χ3v) is 4.55. The Bertz CT molecular complexity index is 684. The predicted octanol–water partition coefficient (Wildman–Crippen LogP) is 2.00. The number of urea groups is 1. The Labute approximate surface area is 142 Å². The Morgan fingerprint density at radius 3 is 2.96 bits per heavy atom. The summed E-state index contributed by atoms with van der Waals surface area (Å²) in [6.45, 7) is 0.746. The van der Waals surface area contributed by atoms with E-state index < -0.39 is 0 Å². The molecular formula is C18H24N4O2. The first kappa shape index (κ1) is 16.5. The van der Waals surface area contributed by atoms with E-state index >= 15 is 0 Å². The van der Waals surface area contributed by atoms with Crippen molar-refractivity contribution in [1.82, 2.24) is 20.0 Å². The van der Waals surface area contributed by atoms with E-state index in [0.717, 1.165) is 30.4 Å². The van der Waals surface area contributed by atoms with Crippen molar-refractivity contribution in [3.63, 3.8) is 0 Å². The molecule has 6 heteroatoms. The van der Waals surface area contributed by atoms with Gasteiger partial charge in [0.15, 0.2) is 0 Å². The van der Waals surface area contributed by atoms with Gasteiger partial charge >= 0.3 is 6.03 Å². The second-order valence-corrected chi connectivity index (χ2v) is 6.20. The lowest BCUT2D eigenvalue weighted by Crippen LogP contribution is -2.43. The van der Waals surface area contributed by atoms with E-state index in [1.807, 2.05) is 48.3 Å². The number of amides is 2. The number of carbonyl (C=O) groups is 1. The number of fused-ring (bicyclic) bond motifs is 1. The molecule has 0 spiro atoms. The van der Waals surface area contributed by atoms with Gasteiger partial charge in [-0.3, -0.25) is 4.68 Å². The van der Waals surface area contributed by atoms with Crippen molar-refractivity contribution >= 4 is 6.03 Å². The van der Waals surface area contributed by atoms with Crippen LogP contribution in [0, 0.1) is 0 Å². The van der Waals surface area contributed by atoms with E-state index in [0.29, 0.717) is 13.1 Å². The first-order valence-electron chi connectivity index (χ1n) is 8.40. The highest BCUT2D eigenvalue weighted by atomic mass is 16.3. The molecule has 2 N–H and O–H groups in total. The quantitative estimate of drug-likeness (QED) is 0.882. The molecule has 0 radical (unpaired) electrons. The van der Waals surface area contributed by atoms with Gasteiger partial charge in [0.25, 0.3) is 0 Å². The highest BCUT2D eigenvalue weighted by Crippen LogP contribution is 2.29. The number of aromatic nitrogens is 2. The molecule has 0 saturated carbocycles. The molecule has 0 fully saturated rings. The standard InChI is InChI=1S/C18H24N4O2/c1-21-17-9-5-8-16(15(17)12-19-21)20-18(24)22(10-11-23)13-14-6-3-2-4-7-14/h2-4,6-7,12,16,23H,5,8-11,13H2,1H3,(H,20,24)/t16-/m0/s1. The van der Waals surface area contributed by atoms with Crippen molar-refractivity contribution in [3.8, 4) is 0 Å². The summed E-state index contributed by atoms with van der Waals surface area (Å²) in [4.78, 5) is 14.4. The monoisotopic (exact) mass is 328 g/mol. The molecule has 2 amide bonds. The van der Waals surface area contributed by atoms with Gasteiger partial charge in [-0.1, -0.05) is 30.3 Å². The molecule has 0 bridgehead atoms. The predicted molar refractivity (Wildman–Crippen MR) is 91.4 cm³/mol. The van der Waals surface area contributed by atoms with E-state index in [1.54, 1.807) is 4.90 Å². The van der Waals surface area contributed by atoms with E-state index in [1.165, 1.54) is 5.69 Å². The third kappa shape index (κ3) is 3.59. The third-order valence-electron chi connectivity index (χ3n) is 4.55. The highest BCUT2D eigenvalue weighted by Gasteiger charge is 2.26. The molecule has 1 aliphatic carbocycles. The lowest BCUT2D eigenvalue weighted by atomic mass is 9.93. The number of nitrogens with one attached hydrogen (secondary N) is 1. The zero-order valence-corrected chi connectivity index (χ0v) is 14.0. The summed E-state index contributed by atoms with van der Waals surface area (Å²) < 4.78 is 1.89. The van der Waals surface area contributed by atoms with Gasteiger partial charge in [-0.15, -0.1) is 0 Å². The number of hydrogen-bond acceptors (Lipinski definition) is 3. The lowest BCUT2D eigenvalue weighted by molar-refractivity contribution is 0.169. The van der Waals surface area contributed by atoms with Crippen LogP contribution in [0.4, 0.5) is 4.79 Å². The van der Waals surface area contributed by atoms with Gasteiger partial charge in [0.1, 0.15) is 0 Å². The Balaban J connectivity index is 1.70. The van der Waals surface area contributed by atoms with Crippen LogP contribution in [-0.4, -0.2) is 39.0 Å². The summed E-state index contributed by atoms with van der Waals surface area (Å²) in [5.41, 5.74) is 3.36. The number of benzene rings is 1. The number of aliphatic hydroxyl groups excluding tert-OH is 1. The Morgan fingerprint density at radius 2 is 2.21 bits per heavy atom.